The van der Waals surface area contributed by atoms with Crippen molar-refractivity contribution in [3.05, 3.63) is 68.7 Å². The lowest BCUT2D eigenvalue weighted by Gasteiger charge is -2.10. The molecule has 0 radical (unpaired) electrons. The van der Waals surface area contributed by atoms with Gasteiger partial charge in [0.15, 0.2) is 10.8 Å². The van der Waals surface area contributed by atoms with Crippen molar-refractivity contribution in [2.24, 2.45) is 0 Å². The zero-order valence-electron chi connectivity index (χ0n) is 18.6. The molecule has 0 fully saturated rings. The number of imidazole rings is 1. The van der Waals surface area contributed by atoms with Crippen LogP contribution in [0.25, 0.3) is 11.2 Å². The van der Waals surface area contributed by atoms with Gasteiger partial charge in [-0.25, -0.2) is 4.79 Å². The molecule has 4 aromatic rings. The van der Waals surface area contributed by atoms with Gasteiger partial charge in [-0.05, 0) is 49.6 Å². The molecule has 0 bridgehead atoms. The van der Waals surface area contributed by atoms with Crippen LogP contribution in [0.1, 0.15) is 36.2 Å². The van der Waals surface area contributed by atoms with Gasteiger partial charge >= 0.3 is 5.69 Å². The molecule has 0 unspecified atom stereocenters. The molecule has 0 aliphatic rings. The maximum Gasteiger partial charge on any atom is 0.330 e. The second-order valence-corrected chi connectivity index (χ2v) is 7.48. The first kappa shape index (κ1) is 22.6. The average molecular weight is 442 g/mol. The molecule has 0 aliphatic carbocycles. The van der Waals surface area contributed by atoms with Crippen molar-refractivity contribution in [3.63, 3.8) is 0 Å². The lowest BCUT2D eigenvalue weighted by atomic mass is 10.0. The Morgan fingerprint density at radius 1 is 1.00 bits per heavy atom. The van der Waals surface area contributed by atoms with Crippen molar-refractivity contribution in [2.75, 3.05) is 5.73 Å². The second-order valence-electron chi connectivity index (χ2n) is 7.12. The number of hydrogen-bond donors (Lipinski definition) is 1. The van der Waals surface area contributed by atoms with Gasteiger partial charge < -0.3 is 10.3 Å². The zero-order valence-corrected chi connectivity index (χ0v) is 19.3. The van der Waals surface area contributed by atoms with Gasteiger partial charge in [0.05, 0.1) is 12.2 Å². The summed E-state index contributed by atoms with van der Waals surface area (Å²) in [5.74, 6) is 0.0311. The Balaban J connectivity index is 0.00000132. The van der Waals surface area contributed by atoms with Gasteiger partial charge in [0.25, 0.3) is 0 Å². The van der Waals surface area contributed by atoms with E-state index >= 15 is 0 Å². The van der Waals surface area contributed by atoms with Crippen LogP contribution in [0.3, 0.4) is 0 Å². The van der Waals surface area contributed by atoms with Crippen LogP contribution >= 0.6 is 11.6 Å². The van der Waals surface area contributed by atoms with E-state index in [2.05, 4.69) is 21.9 Å². The van der Waals surface area contributed by atoms with Crippen molar-refractivity contribution in [3.8, 4) is 0 Å². The highest BCUT2D eigenvalue weighted by Crippen LogP contribution is 2.22. The maximum absolute atomic E-state index is 13.3. The molecule has 8 nitrogen and oxygen atoms in total. The van der Waals surface area contributed by atoms with Gasteiger partial charge in [0.1, 0.15) is 5.52 Å². The van der Waals surface area contributed by atoms with E-state index in [0.717, 1.165) is 22.4 Å². The zero-order chi connectivity index (χ0) is 22.7. The maximum atomic E-state index is 13.3. The highest BCUT2D eigenvalue weighted by molar-refractivity contribution is 6.33. The number of rotatable bonds is 5. The van der Waals surface area contributed by atoms with Gasteiger partial charge in [0, 0.05) is 31.7 Å². The summed E-state index contributed by atoms with van der Waals surface area (Å²) in [4.78, 5) is 26.2. The molecule has 4 rings (SSSR count). The molecule has 4 aromatic heterocycles. The number of halogens is 1. The SMILES string of the molecule is CC.Cc1cnc(Cn2c(=O)n(CCn3cccc3)c3c(Cl)nc(N)nc32)c(C)c1C. The van der Waals surface area contributed by atoms with Gasteiger partial charge in [-0.2, -0.15) is 9.97 Å². The Morgan fingerprint density at radius 3 is 2.35 bits per heavy atom. The van der Waals surface area contributed by atoms with E-state index in [1.165, 1.54) is 0 Å². The summed E-state index contributed by atoms with van der Waals surface area (Å²) in [6.07, 6.45) is 5.72. The summed E-state index contributed by atoms with van der Waals surface area (Å²) >= 11 is 6.37. The number of pyridine rings is 1. The molecular weight excluding hydrogens is 414 g/mol. The lowest BCUT2D eigenvalue weighted by Crippen LogP contribution is -2.26. The first-order valence-electron chi connectivity index (χ1n) is 10.3. The quantitative estimate of drug-likeness (QED) is 0.476. The summed E-state index contributed by atoms with van der Waals surface area (Å²) in [7, 11) is 0. The molecule has 0 amide bonds. The van der Waals surface area contributed by atoms with Crippen LogP contribution in [0.15, 0.2) is 35.5 Å². The topological polar surface area (TPSA) is 96.5 Å². The van der Waals surface area contributed by atoms with Crippen molar-refractivity contribution in [1.82, 2.24) is 28.7 Å². The predicted molar refractivity (Wildman–Crippen MR) is 125 cm³/mol. The van der Waals surface area contributed by atoms with Crippen LogP contribution in [0, 0.1) is 20.8 Å². The number of aryl methyl sites for hydroxylation is 3. The number of aromatic nitrogens is 6. The Kier molecular flexibility index (Phi) is 6.80. The standard InChI is InChI=1S/C20H22ClN7O.C2H6/c1-12-10-23-15(14(3)13(12)2)11-28-18-16(17(21)24-19(22)25-18)27(20(28)29)9-8-26-6-4-5-7-26;1-2/h4-7,10H,8-9,11H2,1-3H3,(H2,22,24,25);1-2H3. The van der Waals surface area contributed by atoms with Crippen LogP contribution in [-0.4, -0.2) is 28.7 Å². The van der Waals surface area contributed by atoms with Crippen LogP contribution in [-0.2, 0) is 19.6 Å². The van der Waals surface area contributed by atoms with Crippen molar-refractivity contribution in [1.29, 1.82) is 0 Å². The third kappa shape index (κ3) is 4.34. The number of hydrogen-bond acceptors (Lipinski definition) is 5. The van der Waals surface area contributed by atoms with Gasteiger partial charge in [-0.15, -0.1) is 0 Å². The van der Waals surface area contributed by atoms with Crippen LogP contribution < -0.4 is 11.4 Å². The fraction of sp³-hybridized carbons (Fsp3) is 0.364. The largest absolute Gasteiger partial charge is 0.368 e. The molecule has 0 spiro atoms. The van der Waals surface area contributed by atoms with Crippen LogP contribution in [0.4, 0.5) is 5.95 Å². The van der Waals surface area contributed by atoms with E-state index in [-0.39, 0.29) is 23.3 Å². The first-order valence-corrected chi connectivity index (χ1v) is 10.7. The van der Waals surface area contributed by atoms with E-state index in [1.807, 2.05) is 63.0 Å². The number of fused-ring (bicyclic) bond motifs is 1. The second kappa shape index (κ2) is 9.34. The van der Waals surface area contributed by atoms with E-state index in [4.69, 9.17) is 17.3 Å². The Bertz CT molecular complexity index is 1260. The van der Waals surface area contributed by atoms with E-state index in [9.17, 15) is 4.79 Å². The highest BCUT2D eigenvalue weighted by atomic mass is 35.5. The summed E-state index contributed by atoms with van der Waals surface area (Å²) in [5.41, 5.74) is 10.6. The van der Waals surface area contributed by atoms with Gasteiger partial charge in [-0.1, -0.05) is 25.4 Å². The molecule has 31 heavy (non-hydrogen) atoms. The highest BCUT2D eigenvalue weighted by Gasteiger charge is 2.20. The Morgan fingerprint density at radius 2 is 1.68 bits per heavy atom. The molecule has 2 N–H and O–H groups in total. The fourth-order valence-electron chi connectivity index (χ4n) is 3.46. The van der Waals surface area contributed by atoms with Crippen molar-refractivity contribution < 1.29 is 0 Å². The van der Waals surface area contributed by atoms with Crippen molar-refractivity contribution in [2.45, 2.75) is 54.3 Å². The number of nitrogen functional groups attached to an aromatic ring is 1. The molecule has 4 heterocycles. The molecule has 0 atom stereocenters. The lowest BCUT2D eigenvalue weighted by molar-refractivity contribution is 0.564. The van der Waals surface area contributed by atoms with Crippen LogP contribution in [0.2, 0.25) is 5.15 Å². The summed E-state index contributed by atoms with van der Waals surface area (Å²) in [5, 5.41) is 0.167. The molecule has 164 valence electrons. The number of nitrogens with zero attached hydrogens (tertiary/aromatic N) is 6. The molecule has 0 aromatic carbocycles. The van der Waals surface area contributed by atoms with E-state index < -0.39 is 0 Å². The monoisotopic (exact) mass is 441 g/mol. The first-order chi connectivity index (χ1) is 14.9. The third-order valence-electron chi connectivity index (χ3n) is 5.38. The van der Waals surface area contributed by atoms with Gasteiger partial charge in [0.2, 0.25) is 5.95 Å². The molecular formula is C22H28ClN7O. The van der Waals surface area contributed by atoms with Gasteiger partial charge in [-0.3, -0.25) is 14.1 Å². The minimum atomic E-state index is -0.214. The summed E-state index contributed by atoms with van der Waals surface area (Å²) in [6, 6.07) is 3.88. The number of anilines is 1. The normalized spacial score (nSPS) is 10.9. The van der Waals surface area contributed by atoms with E-state index in [1.54, 1.807) is 9.13 Å². The minimum Gasteiger partial charge on any atom is -0.368 e. The molecule has 0 saturated heterocycles. The summed E-state index contributed by atoms with van der Waals surface area (Å²) in [6.45, 7) is 11.4. The molecule has 0 aliphatic heterocycles. The molecule has 9 heteroatoms. The minimum absolute atomic E-state index is 0.0311. The predicted octanol–water partition coefficient (Wildman–Crippen LogP) is 3.73. The van der Waals surface area contributed by atoms with E-state index in [0.29, 0.717) is 24.3 Å². The summed E-state index contributed by atoms with van der Waals surface area (Å²) < 4.78 is 5.17. The fourth-order valence-corrected chi connectivity index (χ4v) is 3.73. The number of nitrogens with two attached hydrogens (primary N) is 1. The van der Waals surface area contributed by atoms with Crippen molar-refractivity contribution >= 4 is 28.7 Å². The third-order valence-corrected chi connectivity index (χ3v) is 5.65. The Labute approximate surface area is 186 Å². The smallest absolute Gasteiger partial charge is 0.330 e. The Hall–Kier alpha value is -3.13. The van der Waals surface area contributed by atoms with Crippen LogP contribution in [0.5, 0.6) is 0 Å². The average Bonchev–Trinajstić information content (AvgIpc) is 3.35. The molecule has 0 saturated carbocycles.